The number of rotatable bonds is 5. The highest BCUT2D eigenvalue weighted by molar-refractivity contribution is 6.31. The summed E-state index contributed by atoms with van der Waals surface area (Å²) in [5.41, 5.74) is 1.85. The number of hydrogen-bond acceptors (Lipinski definition) is 4. The van der Waals surface area contributed by atoms with Gasteiger partial charge in [-0.05, 0) is 17.7 Å². The molecule has 6 heteroatoms. The van der Waals surface area contributed by atoms with Crippen molar-refractivity contribution in [2.24, 2.45) is 0 Å². The minimum Gasteiger partial charge on any atom is -0.497 e. The average molecular weight is 312 g/mol. The van der Waals surface area contributed by atoms with E-state index in [1.165, 1.54) is 6.33 Å². The first-order chi connectivity index (χ1) is 9.65. The number of methoxy groups -OCH3 is 1. The molecular formula is C14H15Cl2N3O. The molecule has 1 heterocycles. The normalized spacial score (nSPS) is 10.4. The predicted octanol–water partition coefficient (Wildman–Crippen LogP) is 3.51. The van der Waals surface area contributed by atoms with Crippen molar-refractivity contribution in [1.82, 2.24) is 9.97 Å². The van der Waals surface area contributed by atoms with Gasteiger partial charge >= 0.3 is 0 Å². The van der Waals surface area contributed by atoms with E-state index < -0.39 is 0 Å². The van der Waals surface area contributed by atoms with Gasteiger partial charge in [-0.2, -0.15) is 0 Å². The lowest BCUT2D eigenvalue weighted by atomic mass is 10.2. The van der Waals surface area contributed by atoms with Gasteiger partial charge in [-0.15, -0.1) is 11.6 Å². The lowest BCUT2D eigenvalue weighted by Gasteiger charge is -2.21. The summed E-state index contributed by atoms with van der Waals surface area (Å²) in [5, 5.41) is 0.391. The summed E-state index contributed by atoms with van der Waals surface area (Å²) in [5.74, 6) is 1.84. The number of hydrogen-bond donors (Lipinski definition) is 0. The molecule has 0 aliphatic heterocycles. The van der Waals surface area contributed by atoms with Crippen molar-refractivity contribution in [2.75, 3.05) is 19.1 Å². The minimum absolute atomic E-state index is 0.275. The van der Waals surface area contributed by atoms with Crippen molar-refractivity contribution >= 4 is 29.0 Å². The van der Waals surface area contributed by atoms with Crippen molar-refractivity contribution < 1.29 is 4.74 Å². The molecule has 1 aromatic carbocycles. The molecule has 0 atom stereocenters. The van der Waals surface area contributed by atoms with Gasteiger partial charge in [-0.3, -0.25) is 0 Å². The molecule has 0 bridgehead atoms. The number of nitrogens with zero attached hydrogens (tertiary/aromatic N) is 3. The van der Waals surface area contributed by atoms with Crippen LogP contribution in [-0.4, -0.2) is 24.1 Å². The first-order valence-electron chi connectivity index (χ1n) is 6.05. The van der Waals surface area contributed by atoms with Crippen LogP contribution in [0.2, 0.25) is 5.15 Å². The molecule has 4 nitrogen and oxygen atoms in total. The lowest BCUT2D eigenvalue weighted by molar-refractivity contribution is 0.414. The molecule has 20 heavy (non-hydrogen) atoms. The van der Waals surface area contributed by atoms with Crippen LogP contribution in [0.1, 0.15) is 11.1 Å². The first-order valence-corrected chi connectivity index (χ1v) is 6.96. The fourth-order valence-electron chi connectivity index (χ4n) is 1.95. The number of halogens is 2. The number of ether oxygens (including phenoxy) is 1. The molecule has 0 aliphatic rings. The Hall–Kier alpha value is -1.52. The Morgan fingerprint density at radius 3 is 2.80 bits per heavy atom. The zero-order chi connectivity index (χ0) is 14.5. The molecular weight excluding hydrogens is 297 g/mol. The van der Waals surface area contributed by atoms with Crippen LogP contribution >= 0.6 is 23.2 Å². The molecule has 0 unspecified atom stereocenters. The van der Waals surface area contributed by atoms with Crippen LogP contribution in [0.3, 0.4) is 0 Å². The SMILES string of the molecule is COc1cccc(CN(C)c2ncnc(Cl)c2CCl)c1. The molecule has 0 N–H and O–H groups in total. The van der Waals surface area contributed by atoms with Gasteiger partial charge in [-0.25, -0.2) is 9.97 Å². The fraction of sp³-hybridized carbons (Fsp3) is 0.286. The molecule has 2 aromatic rings. The Morgan fingerprint density at radius 1 is 1.30 bits per heavy atom. The van der Waals surface area contributed by atoms with Crippen LogP contribution in [0.25, 0.3) is 0 Å². The Morgan fingerprint density at radius 2 is 2.10 bits per heavy atom. The van der Waals surface area contributed by atoms with Gasteiger partial charge in [0.25, 0.3) is 0 Å². The predicted molar refractivity (Wildman–Crippen MR) is 81.7 cm³/mol. The van der Waals surface area contributed by atoms with E-state index in [1.807, 2.05) is 36.2 Å². The summed E-state index contributed by atoms with van der Waals surface area (Å²) in [6.07, 6.45) is 1.44. The number of alkyl halides is 1. The Kier molecular flexibility index (Phi) is 5.04. The molecule has 0 saturated heterocycles. The van der Waals surface area contributed by atoms with Crippen molar-refractivity contribution in [3.63, 3.8) is 0 Å². The highest BCUT2D eigenvalue weighted by atomic mass is 35.5. The van der Waals surface area contributed by atoms with Crippen LogP contribution in [0.15, 0.2) is 30.6 Å². The van der Waals surface area contributed by atoms with E-state index >= 15 is 0 Å². The standard InChI is InChI=1S/C14H15Cl2N3O/c1-19(8-10-4-3-5-11(6-10)20-2)14-12(7-15)13(16)17-9-18-14/h3-6,9H,7-8H2,1-2H3. The van der Waals surface area contributed by atoms with E-state index in [-0.39, 0.29) is 5.88 Å². The molecule has 1 aromatic heterocycles. The summed E-state index contributed by atoms with van der Waals surface area (Å²) in [6, 6.07) is 7.88. The van der Waals surface area contributed by atoms with Gasteiger partial charge in [0.2, 0.25) is 0 Å². The van der Waals surface area contributed by atoms with Gasteiger partial charge in [0.1, 0.15) is 23.0 Å². The van der Waals surface area contributed by atoms with Gasteiger partial charge in [-0.1, -0.05) is 23.7 Å². The summed E-state index contributed by atoms with van der Waals surface area (Å²) in [4.78, 5) is 10.2. The molecule has 0 aliphatic carbocycles. The van der Waals surface area contributed by atoms with Gasteiger partial charge < -0.3 is 9.64 Å². The molecule has 0 spiro atoms. The largest absolute Gasteiger partial charge is 0.497 e. The zero-order valence-electron chi connectivity index (χ0n) is 11.3. The fourth-order valence-corrected chi connectivity index (χ4v) is 2.46. The summed E-state index contributed by atoms with van der Waals surface area (Å²) in [6.45, 7) is 0.675. The van der Waals surface area contributed by atoms with Crippen LogP contribution in [-0.2, 0) is 12.4 Å². The molecule has 2 rings (SSSR count). The van der Waals surface area contributed by atoms with Crippen molar-refractivity contribution in [2.45, 2.75) is 12.4 Å². The smallest absolute Gasteiger partial charge is 0.138 e. The summed E-state index contributed by atoms with van der Waals surface area (Å²) in [7, 11) is 3.59. The van der Waals surface area contributed by atoms with Crippen molar-refractivity contribution in [3.8, 4) is 5.75 Å². The quantitative estimate of drug-likeness (QED) is 0.625. The average Bonchev–Trinajstić information content (AvgIpc) is 2.47. The van der Waals surface area contributed by atoms with E-state index in [1.54, 1.807) is 7.11 Å². The second-order valence-corrected chi connectivity index (χ2v) is 4.93. The monoisotopic (exact) mass is 311 g/mol. The Bertz CT molecular complexity index is 592. The lowest BCUT2D eigenvalue weighted by Crippen LogP contribution is -2.19. The van der Waals surface area contributed by atoms with E-state index in [0.29, 0.717) is 11.7 Å². The van der Waals surface area contributed by atoms with Crippen molar-refractivity contribution in [1.29, 1.82) is 0 Å². The van der Waals surface area contributed by atoms with Crippen LogP contribution in [0.5, 0.6) is 5.75 Å². The third-order valence-electron chi connectivity index (χ3n) is 2.92. The molecule has 0 saturated carbocycles. The first kappa shape index (κ1) is 14.9. The molecule has 106 valence electrons. The number of aromatic nitrogens is 2. The van der Waals surface area contributed by atoms with E-state index in [4.69, 9.17) is 27.9 Å². The summed E-state index contributed by atoms with van der Waals surface area (Å²) < 4.78 is 5.22. The van der Waals surface area contributed by atoms with Crippen LogP contribution < -0.4 is 9.64 Å². The highest BCUT2D eigenvalue weighted by Crippen LogP contribution is 2.25. The second kappa shape index (κ2) is 6.77. The maximum absolute atomic E-state index is 6.04. The maximum Gasteiger partial charge on any atom is 0.138 e. The third-order valence-corrected chi connectivity index (χ3v) is 3.51. The molecule has 0 amide bonds. The van der Waals surface area contributed by atoms with Crippen molar-refractivity contribution in [3.05, 3.63) is 46.9 Å². The summed E-state index contributed by atoms with van der Waals surface area (Å²) >= 11 is 12.0. The van der Waals surface area contributed by atoms with E-state index in [9.17, 15) is 0 Å². The number of benzene rings is 1. The zero-order valence-corrected chi connectivity index (χ0v) is 12.8. The molecule has 0 fully saturated rings. The molecule has 0 radical (unpaired) electrons. The van der Waals surface area contributed by atoms with Gasteiger partial charge in [0.05, 0.1) is 13.0 Å². The van der Waals surface area contributed by atoms with Gasteiger partial charge in [0.15, 0.2) is 0 Å². The highest BCUT2D eigenvalue weighted by Gasteiger charge is 2.13. The second-order valence-electron chi connectivity index (χ2n) is 4.31. The van der Waals surface area contributed by atoms with Crippen LogP contribution in [0.4, 0.5) is 5.82 Å². The Labute approximate surface area is 128 Å². The number of anilines is 1. The maximum atomic E-state index is 6.04. The van der Waals surface area contributed by atoms with Crippen LogP contribution in [0, 0.1) is 0 Å². The minimum atomic E-state index is 0.275. The van der Waals surface area contributed by atoms with Gasteiger partial charge in [0, 0.05) is 19.2 Å². The van der Waals surface area contributed by atoms with E-state index in [2.05, 4.69) is 9.97 Å². The van der Waals surface area contributed by atoms with E-state index in [0.717, 1.165) is 22.7 Å². The third kappa shape index (κ3) is 3.32. The Balaban J connectivity index is 2.23. The topological polar surface area (TPSA) is 38.2 Å².